The Hall–Kier alpha value is -1.44. The standard InChI is InChI=1S/C11H11Cl2N3O3S/c1-6-3-7(12)11(8(13)4-6)16-10(17)5-9(14-16)15-20(2,18)19/h3-5,14-15H,1-2H3. The van der Waals surface area contributed by atoms with Gasteiger partial charge in [-0.2, -0.15) is 0 Å². The number of rotatable bonds is 3. The van der Waals surface area contributed by atoms with Gasteiger partial charge in [-0.05, 0) is 24.6 Å². The maximum absolute atomic E-state index is 11.9. The zero-order valence-corrected chi connectivity index (χ0v) is 12.9. The monoisotopic (exact) mass is 335 g/mol. The van der Waals surface area contributed by atoms with Gasteiger partial charge >= 0.3 is 0 Å². The van der Waals surface area contributed by atoms with Crippen molar-refractivity contribution in [1.29, 1.82) is 0 Å². The van der Waals surface area contributed by atoms with Gasteiger partial charge in [0.1, 0.15) is 11.5 Å². The molecule has 0 aliphatic heterocycles. The summed E-state index contributed by atoms with van der Waals surface area (Å²) in [5.41, 5.74) is 0.632. The van der Waals surface area contributed by atoms with Gasteiger partial charge in [-0.3, -0.25) is 14.6 Å². The number of benzene rings is 1. The van der Waals surface area contributed by atoms with Crippen molar-refractivity contribution >= 4 is 39.0 Å². The van der Waals surface area contributed by atoms with E-state index >= 15 is 0 Å². The number of aryl methyl sites for hydroxylation is 1. The average molecular weight is 336 g/mol. The van der Waals surface area contributed by atoms with Crippen LogP contribution >= 0.6 is 23.2 Å². The van der Waals surface area contributed by atoms with Crippen LogP contribution in [0.15, 0.2) is 23.0 Å². The minimum atomic E-state index is -3.49. The third-order valence-electron chi connectivity index (χ3n) is 2.40. The van der Waals surface area contributed by atoms with Gasteiger partial charge in [0.15, 0.2) is 0 Å². The first kappa shape index (κ1) is 15.0. The van der Waals surface area contributed by atoms with Crippen molar-refractivity contribution in [2.24, 2.45) is 0 Å². The average Bonchev–Trinajstić information content (AvgIpc) is 2.55. The molecule has 0 amide bonds. The van der Waals surface area contributed by atoms with Crippen molar-refractivity contribution in [2.45, 2.75) is 6.92 Å². The molecule has 0 unspecified atom stereocenters. The molecule has 0 saturated carbocycles. The molecule has 9 heteroatoms. The predicted molar refractivity (Wildman–Crippen MR) is 79.6 cm³/mol. The van der Waals surface area contributed by atoms with Crippen molar-refractivity contribution in [2.75, 3.05) is 11.0 Å². The van der Waals surface area contributed by atoms with Gasteiger partial charge in [-0.15, -0.1) is 0 Å². The van der Waals surface area contributed by atoms with Crippen molar-refractivity contribution < 1.29 is 8.42 Å². The topological polar surface area (TPSA) is 84.0 Å². The molecular weight excluding hydrogens is 325 g/mol. The number of aromatic nitrogens is 2. The van der Waals surface area contributed by atoms with E-state index in [0.717, 1.165) is 22.6 Å². The van der Waals surface area contributed by atoms with Gasteiger partial charge in [0.05, 0.1) is 16.3 Å². The van der Waals surface area contributed by atoms with E-state index < -0.39 is 15.6 Å². The molecule has 2 aromatic rings. The number of sulfonamides is 1. The molecule has 0 bridgehead atoms. The van der Waals surface area contributed by atoms with Crippen molar-refractivity contribution in [3.8, 4) is 5.69 Å². The van der Waals surface area contributed by atoms with Gasteiger partial charge in [-0.25, -0.2) is 13.1 Å². The summed E-state index contributed by atoms with van der Waals surface area (Å²) >= 11 is 12.2. The second-order valence-corrected chi connectivity index (χ2v) is 6.86. The Bertz CT molecular complexity index is 801. The Morgan fingerprint density at radius 3 is 2.25 bits per heavy atom. The minimum Gasteiger partial charge on any atom is -0.275 e. The number of halogens is 2. The lowest BCUT2D eigenvalue weighted by Crippen LogP contribution is -2.14. The summed E-state index contributed by atoms with van der Waals surface area (Å²) in [6, 6.07) is 4.41. The fourth-order valence-electron chi connectivity index (χ4n) is 1.72. The van der Waals surface area contributed by atoms with Crippen LogP contribution in [0.5, 0.6) is 0 Å². The van der Waals surface area contributed by atoms with Crippen LogP contribution in [0.3, 0.4) is 0 Å². The largest absolute Gasteiger partial charge is 0.275 e. The minimum absolute atomic E-state index is 0.0326. The summed E-state index contributed by atoms with van der Waals surface area (Å²) in [5, 5.41) is 3.16. The van der Waals surface area contributed by atoms with E-state index in [-0.39, 0.29) is 21.6 Å². The van der Waals surface area contributed by atoms with Gasteiger partial charge in [0, 0.05) is 6.07 Å². The van der Waals surface area contributed by atoms with Crippen LogP contribution in [0.4, 0.5) is 5.82 Å². The van der Waals surface area contributed by atoms with Crippen molar-refractivity contribution in [3.63, 3.8) is 0 Å². The van der Waals surface area contributed by atoms with E-state index in [1.807, 2.05) is 6.92 Å². The zero-order chi connectivity index (χ0) is 15.1. The van der Waals surface area contributed by atoms with E-state index in [2.05, 4.69) is 9.82 Å². The van der Waals surface area contributed by atoms with Gasteiger partial charge in [0.2, 0.25) is 10.0 Å². The van der Waals surface area contributed by atoms with Gasteiger partial charge in [0.25, 0.3) is 5.56 Å². The highest BCUT2D eigenvalue weighted by Crippen LogP contribution is 2.29. The molecule has 108 valence electrons. The summed E-state index contributed by atoms with van der Waals surface area (Å²) in [4.78, 5) is 11.9. The first-order valence-corrected chi connectivity index (χ1v) is 8.08. The zero-order valence-electron chi connectivity index (χ0n) is 10.6. The Morgan fingerprint density at radius 2 is 1.75 bits per heavy atom. The molecule has 0 fully saturated rings. The lowest BCUT2D eigenvalue weighted by molar-refractivity contribution is 0.606. The molecular formula is C11H11Cl2N3O3S. The highest BCUT2D eigenvalue weighted by atomic mass is 35.5. The Balaban J connectivity index is 2.58. The molecule has 0 atom stereocenters. The molecule has 0 spiro atoms. The number of nitrogens with one attached hydrogen (secondary N) is 2. The number of nitrogens with zero attached hydrogens (tertiary/aromatic N) is 1. The molecule has 1 aromatic heterocycles. The van der Waals surface area contributed by atoms with Crippen LogP contribution in [-0.2, 0) is 10.0 Å². The Labute approximate surface area is 125 Å². The Morgan fingerprint density at radius 1 is 1.20 bits per heavy atom. The lowest BCUT2D eigenvalue weighted by atomic mass is 10.2. The van der Waals surface area contributed by atoms with E-state index in [1.54, 1.807) is 12.1 Å². The molecule has 2 N–H and O–H groups in total. The van der Waals surface area contributed by atoms with Crippen LogP contribution in [0.25, 0.3) is 5.69 Å². The molecule has 0 saturated heterocycles. The number of hydrogen-bond acceptors (Lipinski definition) is 3. The molecule has 6 nitrogen and oxygen atoms in total. The summed E-state index contributed by atoms with van der Waals surface area (Å²) in [5.74, 6) is 0.0326. The molecule has 2 rings (SSSR count). The maximum atomic E-state index is 11.9. The quantitative estimate of drug-likeness (QED) is 0.901. The third-order valence-corrected chi connectivity index (χ3v) is 3.57. The lowest BCUT2D eigenvalue weighted by Gasteiger charge is -2.08. The van der Waals surface area contributed by atoms with Crippen LogP contribution in [0, 0.1) is 6.92 Å². The van der Waals surface area contributed by atoms with Gasteiger partial charge in [-0.1, -0.05) is 23.2 Å². The second-order valence-electron chi connectivity index (χ2n) is 4.29. The number of anilines is 1. The molecule has 20 heavy (non-hydrogen) atoms. The third kappa shape index (κ3) is 3.17. The van der Waals surface area contributed by atoms with Crippen LogP contribution in [-0.4, -0.2) is 24.5 Å². The summed E-state index contributed by atoms with van der Waals surface area (Å²) in [6.07, 6.45) is 0.981. The van der Waals surface area contributed by atoms with E-state index in [0.29, 0.717) is 0 Å². The normalized spacial score (nSPS) is 11.6. The first-order valence-electron chi connectivity index (χ1n) is 5.43. The van der Waals surface area contributed by atoms with Crippen LogP contribution in [0.2, 0.25) is 10.0 Å². The van der Waals surface area contributed by atoms with Gasteiger partial charge < -0.3 is 0 Å². The Kier molecular flexibility index (Phi) is 3.86. The van der Waals surface area contributed by atoms with Crippen LogP contribution < -0.4 is 10.3 Å². The fraction of sp³-hybridized carbons (Fsp3) is 0.182. The highest BCUT2D eigenvalue weighted by Gasteiger charge is 2.14. The molecule has 0 radical (unpaired) electrons. The smallest absolute Gasteiger partial charge is 0.273 e. The molecule has 1 heterocycles. The van der Waals surface area contributed by atoms with Crippen molar-refractivity contribution in [3.05, 3.63) is 44.2 Å². The number of hydrogen-bond donors (Lipinski definition) is 2. The summed E-state index contributed by atoms with van der Waals surface area (Å²) < 4.78 is 25.5. The fourth-order valence-corrected chi connectivity index (χ4v) is 2.99. The molecule has 0 aliphatic carbocycles. The molecule has 1 aromatic carbocycles. The SMILES string of the molecule is Cc1cc(Cl)c(-n2[nH]c(NS(C)(=O)=O)cc2=O)c(Cl)c1. The van der Waals surface area contributed by atoms with E-state index in [1.165, 1.54) is 0 Å². The summed E-state index contributed by atoms with van der Waals surface area (Å²) in [6.45, 7) is 1.82. The molecule has 0 aliphatic rings. The highest BCUT2D eigenvalue weighted by molar-refractivity contribution is 7.92. The number of H-pyrrole nitrogens is 1. The van der Waals surface area contributed by atoms with Crippen LogP contribution in [0.1, 0.15) is 5.56 Å². The second kappa shape index (κ2) is 5.16. The first-order chi connectivity index (χ1) is 9.17. The number of aromatic amines is 1. The van der Waals surface area contributed by atoms with E-state index in [4.69, 9.17) is 23.2 Å². The summed E-state index contributed by atoms with van der Waals surface area (Å²) in [7, 11) is -3.49. The van der Waals surface area contributed by atoms with Crippen molar-refractivity contribution in [1.82, 2.24) is 9.78 Å². The predicted octanol–water partition coefficient (Wildman–Crippen LogP) is 2.15. The van der Waals surface area contributed by atoms with E-state index in [9.17, 15) is 13.2 Å². The maximum Gasteiger partial charge on any atom is 0.273 e.